The highest BCUT2D eigenvalue weighted by Crippen LogP contribution is 2.35. The van der Waals surface area contributed by atoms with Crippen molar-refractivity contribution in [2.45, 2.75) is 17.2 Å². The third kappa shape index (κ3) is 4.23. The van der Waals surface area contributed by atoms with Gasteiger partial charge in [0.2, 0.25) is 0 Å². The maximum Gasteiger partial charge on any atom is 0.419 e. The van der Waals surface area contributed by atoms with Gasteiger partial charge in [0.25, 0.3) is 10.0 Å². The summed E-state index contributed by atoms with van der Waals surface area (Å²) >= 11 is 0. The fraction of sp³-hybridized carbons (Fsp3) is 0.143. The molecule has 142 valence electrons. The average Bonchev–Trinajstić information content (AvgIpc) is 2.48. The van der Waals surface area contributed by atoms with Crippen molar-refractivity contribution in [3.63, 3.8) is 0 Å². The topological polar surface area (TPSA) is 46.2 Å². The molecule has 12 heteroatoms. The van der Waals surface area contributed by atoms with Crippen LogP contribution in [0, 0.1) is 11.6 Å². The number of hydrogen-bond acceptors (Lipinski definition) is 2. The monoisotopic (exact) mass is 405 g/mol. The van der Waals surface area contributed by atoms with Crippen molar-refractivity contribution in [3.05, 3.63) is 59.2 Å². The van der Waals surface area contributed by atoms with E-state index in [4.69, 9.17) is 0 Å². The van der Waals surface area contributed by atoms with Crippen LogP contribution in [0.4, 0.5) is 40.8 Å². The molecule has 0 heterocycles. The summed E-state index contributed by atoms with van der Waals surface area (Å²) in [4.78, 5) is -0.938. The first kappa shape index (κ1) is 19.9. The maximum atomic E-state index is 13.7. The largest absolute Gasteiger partial charge is 0.419 e. The molecule has 0 saturated heterocycles. The molecule has 26 heavy (non-hydrogen) atoms. The molecule has 0 saturated carbocycles. The smallest absolute Gasteiger partial charge is 0.277 e. The molecule has 0 spiro atoms. The molecule has 2 rings (SSSR count). The molecule has 3 nitrogen and oxygen atoms in total. The van der Waals surface area contributed by atoms with E-state index in [-0.39, 0.29) is 18.2 Å². The Balaban J connectivity index is 2.44. The summed E-state index contributed by atoms with van der Waals surface area (Å²) in [5.74, 6) is -3.71. The number of halogens is 8. The molecule has 0 aliphatic carbocycles. The summed E-state index contributed by atoms with van der Waals surface area (Å²) in [5.41, 5.74) is -4.47. The van der Waals surface area contributed by atoms with E-state index in [0.29, 0.717) is 6.07 Å². The van der Waals surface area contributed by atoms with E-state index >= 15 is 0 Å². The average molecular weight is 405 g/mol. The molecule has 0 bridgehead atoms. The zero-order chi connectivity index (χ0) is 19.9. The normalized spacial score (nSPS) is 12.9. The lowest BCUT2D eigenvalue weighted by molar-refractivity contribution is -0.140. The van der Waals surface area contributed by atoms with Gasteiger partial charge >= 0.3 is 12.4 Å². The van der Waals surface area contributed by atoms with Crippen molar-refractivity contribution in [2.75, 3.05) is 4.72 Å². The van der Waals surface area contributed by atoms with E-state index in [9.17, 15) is 43.5 Å². The highest BCUT2D eigenvalue weighted by molar-refractivity contribution is 7.92. The van der Waals surface area contributed by atoms with Crippen LogP contribution >= 0.6 is 0 Å². The van der Waals surface area contributed by atoms with Crippen LogP contribution in [0.15, 0.2) is 41.3 Å². The minimum atomic E-state index is -5.22. The number of sulfonamides is 1. The van der Waals surface area contributed by atoms with Crippen molar-refractivity contribution in [3.8, 4) is 0 Å². The molecule has 0 amide bonds. The number of anilines is 1. The molecule has 0 aromatic heterocycles. The zero-order valence-corrected chi connectivity index (χ0v) is 13.0. The predicted molar refractivity (Wildman–Crippen MR) is 73.6 cm³/mol. The van der Waals surface area contributed by atoms with Gasteiger partial charge in [-0.15, -0.1) is 0 Å². The molecular weight excluding hydrogens is 398 g/mol. The highest BCUT2D eigenvalue weighted by atomic mass is 32.2. The van der Waals surface area contributed by atoms with Crippen LogP contribution in [0.1, 0.15) is 11.1 Å². The number of rotatable bonds is 3. The van der Waals surface area contributed by atoms with E-state index in [1.54, 1.807) is 0 Å². The molecule has 0 aliphatic heterocycles. The molecule has 1 N–H and O–H groups in total. The van der Waals surface area contributed by atoms with E-state index in [1.807, 2.05) is 0 Å². The molecular formula is C14H7F8NO2S. The third-order valence-electron chi connectivity index (χ3n) is 3.08. The number of benzene rings is 2. The predicted octanol–water partition coefficient (Wildman–Crippen LogP) is 4.80. The fourth-order valence-corrected chi connectivity index (χ4v) is 2.99. The van der Waals surface area contributed by atoms with Crippen LogP contribution < -0.4 is 4.72 Å². The second kappa shape index (κ2) is 6.41. The standard InChI is InChI=1S/C14H7F8NO2S/c15-10-6-12(11(16)5-9(10)14(20,21)22)23-26(24,25)8-3-1-2-7(4-8)13(17,18)19/h1-6,23H. The van der Waals surface area contributed by atoms with Crippen LogP contribution in [0.3, 0.4) is 0 Å². The Morgan fingerprint density at radius 1 is 0.808 bits per heavy atom. The Morgan fingerprint density at radius 2 is 1.42 bits per heavy atom. The lowest BCUT2D eigenvalue weighted by Gasteiger charge is -2.13. The maximum absolute atomic E-state index is 13.7. The van der Waals surface area contributed by atoms with Crippen molar-refractivity contribution in [1.29, 1.82) is 0 Å². The Labute approximate surface area is 141 Å². The molecule has 2 aromatic rings. The molecule has 0 atom stereocenters. The van der Waals surface area contributed by atoms with E-state index < -0.39 is 55.7 Å². The van der Waals surface area contributed by atoms with Gasteiger partial charge in [0.15, 0.2) is 0 Å². The van der Waals surface area contributed by atoms with Crippen molar-refractivity contribution < 1.29 is 43.5 Å². The summed E-state index contributed by atoms with van der Waals surface area (Å²) < 4.78 is 128. The van der Waals surface area contributed by atoms with Gasteiger partial charge in [-0.25, -0.2) is 17.2 Å². The van der Waals surface area contributed by atoms with Gasteiger partial charge in [-0.05, 0) is 24.3 Å². The summed E-state index contributed by atoms with van der Waals surface area (Å²) in [5, 5.41) is 0. The Hall–Kier alpha value is -2.37. The number of hydrogen-bond donors (Lipinski definition) is 1. The van der Waals surface area contributed by atoms with E-state index in [1.165, 1.54) is 4.72 Å². The summed E-state index contributed by atoms with van der Waals surface area (Å²) in [6.07, 6.45) is -10.1. The van der Waals surface area contributed by atoms with Gasteiger partial charge in [-0.2, -0.15) is 26.3 Å². The zero-order valence-electron chi connectivity index (χ0n) is 12.2. The lowest BCUT2D eigenvalue weighted by Crippen LogP contribution is -2.17. The first-order valence-electron chi connectivity index (χ1n) is 6.48. The van der Waals surface area contributed by atoms with Crippen LogP contribution in [-0.4, -0.2) is 8.42 Å². The summed E-state index contributed by atoms with van der Waals surface area (Å²) in [6, 6.07) is 2.01. The first-order chi connectivity index (χ1) is 11.7. The van der Waals surface area contributed by atoms with Gasteiger partial charge < -0.3 is 0 Å². The lowest BCUT2D eigenvalue weighted by atomic mass is 10.2. The van der Waals surface area contributed by atoms with Gasteiger partial charge in [0.05, 0.1) is 21.7 Å². The van der Waals surface area contributed by atoms with E-state index in [2.05, 4.69) is 0 Å². The minimum Gasteiger partial charge on any atom is -0.277 e. The van der Waals surface area contributed by atoms with Gasteiger partial charge in [-0.1, -0.05) is 6.07 Å². The van der Waals surface area contributed by atoms with Crippen LogP contribution in [0.25, 0.3) is 0 Å². The second-order valence-corrected chi connectivity index (χ2v) is 6.62. The van der Waals surface area contributed by atoms with Crippen LogP contribution in [-0.2, 0) is 22.4 Å². The molecule has 0 unspecified atom stereocenters. The Morgan fingerprint density at radius 3 is 1.96 bits per heavy atom. The SMILES string of the molecule is O=S(=O)(Nc1cc(F)c(C(F)(F)F)cc1F)c1cccc(C(F)(F)F)c1. The Kier molecular flexibility index (Phi) is 4.92. The minimum absolute atomic E-state index is 0.0523. The van der Waals surface area contributed by atoms with Gasteiger partial charge in [0, 0.05) is 6.07 Å². The highest BCUT2D eigenvalue weighted by Gasteiger charge is 2.36. The van der Waals surface area contributed by atoms with E-state index in [0.717, 1.165) is 12.1 Å². The molecule has 2 aromatic carbocycles. The first-order valence-corrected chi connectivity index (χ1v) is 7.96. The quantitative estimate of drug-likeness (QED) is 0.746. The van der Waals surface area contributed by atoms with Crippen molar-refractivity contribution >= 4 is 15.7 Å². The van der Waals surface area contributed by atoms with Crippen molar-refractivity contribution in [1.82, 2.24) is 0 Å². The summed E-state index contributed by atoms with van der Waals surface area (Å²) in [7, 11) is -4.82. The molecule has 0 aliphatic rings. The molecule has 0 radical (unpaired) electrons. The third-order valence-corrected chi connectivity index (χ3v) is 4.44. The summed E-state index contributed by atoms with van der Waals surface area (Å²) in [6.45, 7) is 0. The molecule has 0 fully saturated rings. The second-order valence-electron chi connectivity index (χ2n) is 4.94. The fourth-order valence-electron chi connectivity index (χ4n) is 1.89. The van der Waals surface area contributed by atoms with Crippen molar-refractivity contribution in [2.24, 2.45) is 0 Å². The van der Waals surface area contributed by atoms with Gasteiger partial charge in [-0.3, -0.25) is 4.72 Å². The van der Waals surface area contributed by atoms with Crippen LogP contribution in [0.5, 0.6) is 0 Å². The number of nitrogens with one attached hydrogen (secondary N) is 1. The number of alkyl halides is 6. The Bertz CT molecular complexity index is 935. The van der Waals surface area contributed by atoms with Crippen LogP contribution in [0.2, 0.25) is 0 Å². The van der Waals surface area contributed by atoms with Gasteiger partial charge in [0.1, 0.15) is 11.6 Å².